The van der Waals surface area contributed by atoms with Gasteiger partial charge in [-0.25, -0.2) is 0 Å². The van der Waals surface area contributed by atoms with Crippen LogP contribution in [0.3, 0.4) is 0 Å². The number of benzene rings is 3. The lowest BCUT2D eigenvalue weighted by molar-refractivity contribution is -0.676. The molecule has 0 amide bonds. The molecule has 1 nitrogen and oxygen atoms in total. The fourth-order valence-corrected chi connectivity index (χ4v) is 4.77. The highest BCUT2D eigenvalue weighted by Crippen LogP contribution is 2.39. The van der Waals surface area contributed by atoms with Crippen molar-refractivity contribution in [3.05, 3.63) is 102 Å². The first kappa shape index (κ1) is 18.8. The Hall–Kier alpha value is -3.19. The van der Waals surface area contributed by atoms with E-state index in [4.69, 9.17) is 0 Å². The standard InChI is InChI=1S/C29H28N/c1-2-3-20-30-28(24-15-8-5-9-16-24)21-27(22-12-6-4-7-13-22)26-19-18-23-14-10-11-17-25(23)29(26)30/h4-17,21H,2-3,18-20H2,1H3/q+1. The summed E-state index contributed by atoms with van der Waals surface area (Å²) in [4.78, 5) is 0. The topological polar surface area (TPSA) is 3.88 Å². The second kappa shape index (κ2) is 8.28. The predicted octanol–water partition coefficient (Wildman–Crippen LogP) is 6.87. The molecule has 4 aromatic rings. The van der Waals surface area contributed by atoms with E-state index >= 15 is 0 Å². The predicted molar refractivity (Wildman–Crippen MR) is 125 cm³/mol. The number of pyridine rings is 1. The first-order valence-corrected chi connectivity index (χ1v) is 11.2. The molecule has 3 aromatic carbocycles. The van der Waals surface area contributed by atoms with Crippen molar-refractivity contribution in [1.82, 2.24) is 0 Å². The van der Waals surface area contributed by atoms with Gasteiger partial charge in [0, 0.05) is 29.2 Å². The Kier molecular flexibility index (Phi) is 5.19. The zero-order chi connectivity index (χ0) is 20.3. The summed E-state index contributed by atoms with van der Waals surface area (Å²) in [6.45, 7) is 3.33. The Bertz CT molecular complexity index is 1160. The Labute approximate surface area is 179 Å². The summed E-state index contributed by atoms with van der Waals surface area (Å²) in [5.74, 6) is 0. The van der Waals surface area contributed by atoms with E-state index in [0.29, 0.717) is 0 Å². The third-order valence-electron chi connectivity index (χ3n) is 6.26. The number of hydrogen-bond acceptors (Lipinski definition) is 0. The minimum atomic E-state index is 1.05. The highest BCUT2D eigenvalue weighted by Gasteiger charge is 2.31. The normalized spacial score (nSPS) is 12.3. The lowest BCUT2D eigenvalue weighted by Crippen LogP contribution is -2.41. The number of rotatable bonds is 5. The minimum absolute atomic E-state index is 1.05. The van der Waals surface area contributed by atoms with Crippen molar-refractivity contribution in [3.63, 3.8) is 0 Å². The largest absolute Gasteiger partial charge is 0.217 e. The lowest BCUT2D eigenvalue weighted by Gasteiger charge is -2.23. The maximum Gasteiger partial charge on any atom is 0.217 e. The summed E-state index contributed by atoms with van der Waals surface area (Å²) in [5, 5.41) is 0. The number of aryl methyl sites for hydroxylation is 1. The molecule has 1 heterocycles. The van der Waals surface area contributed by atoms with Gasteiger partial charge in [0.2, 0.25) is 11.4 Å². The molecule has 1 aliphatic carbocycles. The molecule has 0 saturated carbocycles. The summed E-state index contributed by atoms with van der Waals surface area (Å²) in [6.07, 6.45) is 4.58. The van der Waals surface area contributed by atoms with Gasteiger partial charge in [-0.3, -0.25) is 0 Å². The molecule has 1 aliphatic rings. The molecule has 1 aromatic heterocycles. The first-order valence-electron chi connectivity index (χ1n) is 11.2. The molecule has 5 rings (SSSR count). The van der Waals surface area contributed by atoms with E-state index in [-0.39, 0.29) is 0 Å². The number of unbranched alkanes of at least 4 members (excludes halogenated alkanes) is 1. The van der Waals surface area contributed by atoms with Crippen molar-refractivity contribution in [2.75, 3.05) is 0 Å². The Morgan fingerprint density at radius 1 is 0.700 bits per heavy atom. The van der Waals surface area contributed by atoms with Gasteiger partial charge in [0.25, 0.3) is 0 Å². The second-order valence-corrected chi connectivity index (χ2v) is 8.16. The molecule has 0 atom stereocenters. The molecule has 148 valence electrons. The van der Waals surface area contributed by atoms with Crippen LogP contribution in [0.15, 0.2) is 91.0 Å². The van der Waals surface area contributed by atoms with Gasteiger partial charge in [0.05, 0.1) is 0 Å². The van der Waals surface area contributed by atoms with Gasteiger partial charge in [0.15, 0.2) is 0 Å². The molecule has 0 aliphatic heterocycles. The molecular weight excluding hydrogens is 362 g/mol. The van der Waals surface area contributed by atoms with E-state index in [2.05, 4.69) is 102 Å². The maximum absolute atomic E-state index is 2.60. The highest BCUT2D eigenvalue weighted by atomic mass is 15.0. The highest BCUT2D eigenvalue weighted by molar-refractivity contribution is 5.80. The maximum atomic E-state index is 2.60. The molecule has 0 fully saturated rings. The van der Waals surface area contributed by atoms with Gasteiger partial charge in [-0.15, -0.1) is 0 Å². The number of fused-ring (bicyclic) bond motifs is 3. The van der Waals surface area contributed by atoms with Crippen LogP contribution in [0.25, 0.3) is 33.6 Å². The molecule has 30 heavy (non-hydrogen) atoms. The van der Waals surface area contributed by atoms with Gasteiger partial charge < -0.3 is 0 Å². The zero-order valence-corrected chi connectivity index (χ0v) is 17.6. The van der Waals surface area contributed by atoms with Gasteiger partial charge in [-0.05, 0) is 47.7 Å². The van der Waals surface area contributed by atoms with Gasteiger partial charge in [-0.2, -0.15) is 4.57 Å². The molecule has 0 N–H and O–H groups in total. The number of hydrogen-bond donors (Lipinski definition) is 0. The zero-order valence-electron chi connectivity index (χ0n) is 17.6. The van der Waals surface area contributed by atoms with Gasteiger partial charge in [0.1, 0.15) is 6.54 Å². The Morgan fingerprint density at radius 2 is 1.37 bits per heavy atom. The summed E-state index contributed by atoms with van der Waals surface area (Å²) < 4.78 is 2.60. The second-order valence-electron chi connectivity index (χ2n) is 8.16. The Morgan fingerprint density at radius 3 is 2.10 bits per heavy atom. The van der Waals surface area contributed by atoms with Crippen LogP contribution in [-0.4, -0.2) is 0 Å². The van der Waals surface area contributed by atoms with Crippen LogP contribution in [0, 0.1) is 0 Å². The molecule has 0 saturated heterocycles. The smallest absolute Gasteiger partial charge is 0.191 e. The van der Waals surface area contributed by atoms with Crippen LogP contribution >= 0.6 is 0 Å². The van der Waals surface area contributed by atoms with E-state index in [1.165, 1.54) is 57.6 Å². The van der Waals surface area contributed by atoms with Crippen LogP contribution in [0.4, 0.5) is 0 Å². The van der Waals surface area contributed by atoms with Crippen molar-refractivity contribution in [1.29, 1.82) is 0 Å². The van der Waals surface area contributed by atoms with Crippen LogP contribution < -0.4 is 4.57 Å². The Balaban J connectivity index is 1.86. The molecule has 0 unspecified atom stereocenters. The summed E-state index contributed by atoms with van der Waals surface area (Å²) in [6, 6.07) is 33.2. The molecule has 0 spiro atoms. The van der Waals surface area contributed by atoms with Gasteiger partial charge >= 0.3 is 0 Å². The SMILES string of the molecule is CCCC[n+]1c(-c2ccccc2)cc(-c2ccccc2)c2c1-c1ccccc1CC2. The van der Waals surface area contributed by atoms with Crippen LogP contribution in [-0.2, 0) is 19.4 Å². The van der Waals surface area contributed by atoms with Crippen molar-refractivity contribution in [2.24, 2.45) is 0 Å². The van der Waals surface area contributed by atoms with Crippen molar-refractivity contribution in [2.45, 2.75) is 39.2 Å². The number of aromatic nitrogens is 1. The fraction of sp³-hybridized carbons (Fsp3) is 0.207. The van der Waals surface area contributed by atoms with Crippen molar-refractivity contribution in [3.8, 4) is 33.6 Å². The third-order valence-corrected chi connectivity index (χ3v) is 6.26. The fourth-order valence-electron chi connectivity index (χ4n) is 4.77. The van der Waals surface area contributed by atoms with E-state index < -0.39 is 0 Å². The summed E-state index contributed by atoms with van der Waals surface area (Å²) >= 11 is 0. The van der Waals surface area contributed by atoms with Gasteiger partial charge in [-0.1, -0.05) is 80.1 Å². The summed E-state index contributed by atoms with van der Waals surface area (Å²) in [7, 11) is 0. The van der Waals surface area contributed by atoms with E-state index in [9.17, 15) is 0 Å². The summed E-state index contributed by atoms with van der Waals surface area (Å²) in [5.41, 5.74) is 11.1. The molecule has 0 bridgehead atoms. The number of nitrogens with zero attached hydrogens (tertiary/aromatic N) is 1. The van der Waals surface area contributed by atoms with Crippen molar-refractivity contribution >= 4 is 0 Å². The average Bonchev–Trinajstić information content (AvgIpc) is 2.83. The van der Waals surface area contributed by atoms with Crippen LogP contribution in [0.2, 0.25) is 0 Å². The van der Waals surface area contributed by atoms with Crippen molar-refractivity contribution < 1.29 is 4.57 Å². The third kappa shape index (κ3) is 3.35. The quantitative estimate of drug-likeness (QED) is 0.327. The van der Waals surface area contributed by atoms with Crippen LogP contribution in [0.5, 0.6) is 0 Å². The monoisotopic (exact) mass is 390 g/mol. The molecular formula is C29H28N+. The lowest BCUT2D eigenvalue weighted by atomic mass is 9.83. The molecule has 0 radical (unpaired) electrons. The van der Waals surface area contributed by atoms with E-state index in [1.54, 1.807) is 0 Å². The van der Waals surface area contributed by atoms with Crippen LogP contribution in [0.1, 0.15) is 30.9 Å². The molecule has 1 heteroatoms. The average molecular weight is 391 g/mol. The van der Waals surface area contributed by atoms with E-state index in [0.717, 1.165) is 19.4 Å². The minimum Gasteiger partial charge on any atom is -0.191 e. The first-order chi connectivity index (χ1) is 14.9. The van der Waals surface area contributed by atoms with E-state index in [1.807, 2.05) is 0 Å².